The standard InChI is InChI=1S/C15H23N3OS/c1-10(2)6-11-7-14(20)17-15(16-11)13-8-18-5-3-4-12(18)9-19-13/h7,10,12-13H,3-6,8-9H2,1-2H3,(H,16,17,20). The van der Waals surface area contributed by atoms with Crippen molar-refractivity contribution in [3.05, 3.63) is 22.2 Å². The average molecular weight is 293 g/mol. The quantitative estimate of drug-likeness (QED) is 0.870. The van der Waals surface area contributed by atoms with Crippen LogP contribution in [0.2, 0.25) is 0 Å². The van der Waals surface area contributed by atoms with Crippen LogP contribution in [0.15, 0.2) is 6.07 Å². The molecule has 1 aromatic rings. The maximum absolute atomic E-state index is 6.01. The molecule has 1 aromatic heterocycles. The van der Waals surface area contributed by atoms with E-state index in [1.807, 2.05) is 6.07 Å². The molecular formula is C15H23N3OS. The lowest BCUT2D eigenvalue weighted by Crippen LogP contribution is -2.42. The maximum atomic E-state index is 6.01. The first-order valence-corrected chi connectivity index (χ1v) is 7.98. The van der Waals surface area contributed by atoms with Crippen LogP contribution < -0.4 is 0 Å². The van der Waals surface area contributed by atoms with Crippen LogP contribution >= 0.6 is 12.2 Å². The number of rotatable bonds is 3. The first kappa shape index (κ1) is 14.2. The van der Waals surface area contributed by atoms with Gasteiger partial charge in [-0.05, 0) is 37.8 Å². The molecule has 5 heteroatoms. The van der Waals surface area contributed by atoms with Gasteiger partial charge in [0.15, 0.2) is 0 Å². The number of aromatic nitrogens is 2. The highest BCUT2D eigenvalue weighted by Gasteiger charge is 2.33. The SMILES string of the molecule is CC(C)Cc1cc(=S)nc(C2CN3CCCC3CO2)[nH]1. The summed E-state index contributed by atoms with van der Waals surface area (Å²) in [4.78, 5) is 10.5. The first-order chi connectivity index (χ1) is 9.61. The van der Waals surface area contributed by atoms with E-state index in [2.05, 4.69) is 28.7 Å². The molecule has 2 aliphatic rings. The molecule has 0 amide bonds. The van der Waals surface area contributed by atoms with Gasteiger partial charge < -0.3 is 9.72 Å². The monoisotopic (exact) mass is 293 g/mol. The van der Waals surface area contributed by atoms with E-state index in [0.29, 0.717) is 16.6 Å². The predicted molar refractivity (Wildman–Crippen MR) is 81.3 cm³/mol. The molecule has 2 saturated heterocycles. The van der Waals surface area contributed by atoms with E-state index >= 15 is 0 Å². The van der Waals surface area contributed by atoms with E-state index in [9.17, 15) is 0 Å². The van der Waals surface area contributed by atoms with Crippen LogP contribution in [-0.2, 0) is 11.2 Å². The maximum Gasteiger partial charge on any atom is 0.138 e. The van der Waals surface area contributed by atoms with Crippen molar-refractivity contribution in [2.45, 2.75) is 45.3 Å². The molecule has 3 rings (SSSR count). The van der Waals surface area contributed by atoms with E-state index in [1.54, 1.807) is 0 Å². The fourth-order valence-electron chi connectivity index (χ4n) is 3.21. The van der Waals surface area contributed by atoms with Crippen molar-refractivity contribution in [3.8, 4) is 0 Å². The van der Waals surface area contributed by atoms with Gasteiger partial charge in [0.25, 0.3) is 0 Å². The first-order valence-electron chi connectivity index (χ1n) is 7.57. The van der Waals surface area contributed by atoms with Gasteiger partial charge >= 0.3 is 0 Å². The van der Waals surface area contributed by atoms with Gasteiger partial charge in [0.1, 0.15) is 16.6 Å². The number of nitrogens with one attached hydrogen (secondary N) is 1. The molecule has 2 atom stereocenters. The van der Waals surface area contributed by atoms with Gasteiger partial charge in [-0.25, -0.2) is 4.98 Å². The summed E-state index contributed by atoms with van der Waals surface area (Å²) in [5.74, 6) is 1.50. The molecule has 0 aromatic carbocycles. The zero-order chi connectivity index (χ0) is 14.1. The van der Waals surface area contributed by atoms with Gasteiger partial charge in [0.05, 0.1) is 6.61 Å². The summed E-state index contributed by atoms with van der Waals surface area (Å²) >= 11 is 5.30. The molecule has 20 heavy (non-hydrogen) atoms. The summed E-state index contributed by atoms with van der Waals surface area (Å²) in [5, 5.41) is 0. The number of fused-ring (bicyclic) bond motifs is 1. The summed E-state index contributed by atoms with van der Waals surface area (Å²) in [6, 6.07) is 2.59. The van der Waals surface area contributed by atoms with Crippen molar-refractivity contribution in [3.63, 3.8) is 0 Å². The molecule has 3 heterocycles. The number of morpholine rings is 1. The molecule has 1 N–H and O–H groups in total. The fourth-order valence-corrected chi connectivity index (χ4v) is 3.45. The van der Waals surface area contributed by atoms with Crippen molar-refractivity contribution in [1.82, 2.24) is 14.9 Å². The minimum Gasteiger partial charge on any atom is -0.367 e. The summed E-state index contributed by atoms with van der Waals surface area (Å²) in [6.07, 6.45) is 3.59. The van der Waals surface area contributed by atoms with Crippen LogP contribution in [0, 0.1) is 10.6 Å². The van der Waals surface area contributed by atoms with Crippen LogP contribution in [-0.4, -0.2) is 40.6 Å². The van der Waals surface area contributed by atoms with Crippen LogP contribution in [0.4, 0.5) is 0 Å². The molecule has 2 unspecified atom stereocenters. The van der Waals surface area contributed by atoms with Crippen molar-refractivity contribution in [1.29, 1.82) is 0 Å². The molecule has 2 fully saturated rings. The molecule has 110 valence electrons. The van der Waals surface area contributed by atoms with Crippen LogP contribution in [0.5, 0.6) is 0 Å². The van der Waals surface area contributed by atoms with Crippen molar-refractivity contribution in [2.24, 2.45) is 5.92 Å². The Kier molecular flexibility index (Phi) is 4.19. The molecule has 0 saturated carbocycles. The van der Waals surface area contributed by atoms with Crippen molar-refractivity contribution < 1.29 is 4.74 Å². The Labute approximate surface area is 125 Å². The molecular weight excluding hydrogens is 270 g/mol. The number of aromatic amines is 1. The molecule has 0 bridgehead atoms. The van der Waals surface area contributed by atoms with E-state index in [-0.39, 0.29) is 6.10 Å². The Morgan fingerprint density at radius 1 is 1.55 bits per heavy atom. The molecule has 0 aliphatic carbocycles. The lowest BCUT2D eigenvalue weighted by molar-refractivity contribution is -0.0542. The zero-order valence-electron chi connectivity index (χ0n) is 12.3. The van der Waals surface area contributed by atoms with E-state index in [1.165, 1.54) is 25.1 Å². The summed E-state index contributed by atoms with van der Waals surface area (Å²) in [6.45, 7) is 7.37. The molecule has 2 aliphatic heterocycles. The average Bonchev–Trinajstić information content (AvgIpc) is 2.84. The van der Waals surface area contributed by atoms with Crippen LogP contribution in [0.25, 0.3) is 0 Å². The van der Waals surface area contributed by atoms with Crippen molar-refractivity contribution >= 4 is 12.2 Å². The fraction of sp³-hybridized carbons (Fsp3) is 0.733. The zero-order valence-corrected chi connectivity index (χ0v) is 13.1. The van der Waals surface area contributed by atoms with E-state index in [4.69, 9.17) is 17.0 Å². The summed E-state index contributed by atoms with van der Waals surface area (Å²) in [7, 11) is 0. The Balaban J connectivity index is 1.79. The Hall–Kier alpha value is -0.780. The van der Waals surface area contributed by atoms with Gasteiger partial charge in [-0.1, -0.05) is 26.1 Å². The second-order valence-electron chi connectivity index (χ2n) is 6.34. The molecule has 0 radical (unpaired) electrons. The summed E-state index contributed by atoms with van der Waals surface area (Å²) < 4.78 is 6.68. The van der Waals surface area contributed by atoms with Gasteiger partial charge in [0, 0.05) is 18.3 Å². The van der Waals surface area contributed by atoms with E-state index in [0.717, 1.165) is 25.4 Å². The van der Waals surface area contributed by atoms with Gasteiger partial charge in [0.2, 0.25) is 0 Å². The molecule has 0 spiro atoms. The highest BCUT2D eigenvalue weighted by atomic mass is 32.1. The lowest BCUT2D eigenvalue weighted by Gasteiger charge is -2.34. The Morgan fingerprint density at radius 3 is 3.20 bits per heavy atom. The number of nitrogens with zero attached hydrogens (tertiary/aromatic N) is 2. The van der Waals surface area contributed by atoms with Gasteiger partial charge in [-0.2, -0.15) is 0 Å². The second kappa shape index (κ2) is 5.92. The third kappa shape index (κ3) is 3.10. The third-order valence-electron chi connectivity index (χ3n) is 4.14. The van der Waals surface area contributed by atoms with Gasteiger partial charge in [-0.3, -0.25) is 4.90 Å². The second-order valence-corrected chi connectivity index (χ2v) is 6.76. The minimum atomic E-state index is 0.0400. The largest absolute Gasteiger partial charge is 0.367 e. The Morgan fingerprint density at radius 2 is 2.40 bits per heavy atom. The minimum absolute atomic E-state index is 0.0400. The Bertz CT molecular complexity index is 528. The lowest BCUT2D eigenvalue weighted by atomic mass is 10.1. The van der Waals surface area contributed by atoms with Crippen LogP contribution in [0.1, 0.15) is 44.3 Å². The highest BCUT2D eigenvalue weighted by molar-refractivity contribution is 7.71. The number of hydrogen-bond acceptors (Lipinski definition) is 4. The third-order valence-corrected chi connectivity index (χ3v) is 4.35. The van der Waals surface area contributed by atoms with E-state index < -0.39 is 0 Å². The number of ether oxygens (including phenoxy) is 1. The van der Waals surface area contributed by atoms with Crippen LogP contribution in [0.3, 0.4) is 0 Å². The summed E-state index contributed by atoms with van der Waals surface area (Å²) in [5.41, 5.74) is 1.17. The normalized spacial score (nSPS) is 26.9. The topological polar surface area (TPSA) is 41.2 Å². The smallest absolute Gasteiger partial charge is 0.138 e. The molecule has 4 nitrogen and oxygen atoms in total. The predicted octanol–water partition coefficient (Wildman–Crippen LogP) is 2.87. The number of hydrogen-bond donors (Lipinski definition) is 1. The number of H-pyrrole nitrogens is 1. The highest BCUT2D eigenvalue weighted by Crippen LogP contribution is 2.28. The van der Waals surface area contributed by atoms with Crippen molar-refractivity contribution in [2.75, 3.05) is 19.7 Å². The van der Waals surface area contributed by atoms with Gasteiger partial charge in [-0.15, -0.1) is 0 Å².